The number of ether oxygens (including phenoxy) is 2. The van der Waals surface area contributed by atoms with Crippen LogP contribution in [0.2, 0.25) is 0 Å². The average Bonchev–Trinajstić information content (AvgIpc) is 2.49. The van der Waals surface area contributed by atoms with Crippen LogP contribution in [0.5, 0.6) is 11.5 Å². The van der Waals surface area contributed by atoms with Gasteiger partial charge in [0.05, 0.1) is 25.5 Å². The first-order valence-electron chi connectivity index (χ1n) is 6.13. The van der Waals surface area contributed by atoms with E-state index in [9.17, 15) is 9.18 Å². The summed E-state index contributed by atoms with van der Waals surface area (Å²) in [6.07, 6.45) is 0. The Morgan fingerprint density at radius 3 is 2.52 bits per heavy atom. The number of nitrogens with two attached hydrogens (primary N) is 1. The molecule has 0 spiro atoms. The first-order chi connectivity index (χ1) is 10.0. The standard InChI is InChI=1S/C15H15FN2O3/c1-20-10-4-6-14(21-2)11(8-10)15(19)18-13-5-3-9(17)7-12(13)16/h3-8H,17H2,1-2H3,(H,18,19). The Bertz CT molecular complexity index is 674. The molecule has 0 heterocycles. The maximum absolute atomic E-state index is 13.7. The molecule has 0 saturated carbocycles. The molecule has 2 rings (SSSR count). The van der Waals surface area contributed by atoms with Gasteiger partial charge in [0, 0.05) is 5.69 Å². The van der Waals surface area contributed by atoms with E-state index in [4.69, 9.17) is 15.2 Å². The lowest BCUT2D eigenvalue weighted by Gasteiger charge is -2.11. The number of carbonyl (C=O) groups excluding carboxylic acids is 1. The lowest BCUT2D eigenvalue weighted by atomic mass is 10.1. The zero-order valence-corrected chi connectivity index (χ0v) is 11.6. The molecule has 0 unspecified atom stereocenters. The molecule has 0 aliphatic rings. The normalized spacial score (nSPS) is 10.0. The molecule has 2 aromatic carbocycles. The second kappa shape index (κ2) is 6.13. The Kier molecular flexibility index (Phi) is 4.27. The minimum atomic E-state index is -0.606. The van der Waals surface area contributed by atoms with Crippen LogP contribution in [0.15, 0.2) is 36.4 Å². The zero-order valence-electron chi connectivity index (χ0n) is 11.6. The van der Waals surface area contributed by atoms with Gasteiger partial charge in [-0.2, -0.15) is 0 Å². The Balaban J connectivity index is 2.31. The minimum Gasteiger partial charge on any atom is -0.497 e. The molecule has 5 nitrogen and oxygen atoms in total. The number of halogens is 1. The lowest BCUT2D eigenvalue weighted by Crippen LogP contribution is -2.14. The number of rotatable bonds is 4. The summed E-state index contributed by atoms with van der Waals surface area (Å²) in [7, 11) is 2.94. The molecule has 0 aliphatic heterocycles. The summed E-state index contributed by atoms with van der Waals surface area (Å²) in [6.45, 7) is 0. The predicted octanol–water partition coefficient (Wildman–Crippen LogP) is 2.68. The Hall–Kier alpha value is -2.76. The molecule has 0 fully saturated rings. The Morgan fingerprint density at radius 1 is 1.14 bits per heavy atom. The van der Waals surface area contributed by atoms with E-state index in [1.165, 1.54) is 32.4 Å². The largest absolute Gasteiger partial charge is 0.497 e. The Morgan fingerprint density at radius 2 is 1.90 bits per heavy atom. The monoisotopic (exact) mass is 290 g/mol. The van der Waals surface area contributed by atoms with E-state index >= 15 is 0 Å². The van der Waals surface area contributed by atoms with Crippen LogP contribution >= 0.6 is 0 Å². The lowest BCUT2D eigenvalue weighted by molar-refractivity contribution is 0.102. The number of carbonyl (C=O) groups is 1. The number of hydrogen-bond donors (Lipinski definition) is 2. The van der Waals surface area contributed by atoms with E-state index in [2.05, 4.69) is 5.32 Å². The molecule has 1 amide bonds. The van der Waals surface area contributed by atoms with E-state index < -0.39 is 11.7 Å². The fraction of sp³-hybridized carbons (Fsp3) is 0.133. The maximum atomic E-state index is 13.7. The first-order valence-corrected chi connectivity index (χ1v) is 6.13. The molecule has 0 aromatic heterocycles. The maximum Gasteiger partial charge on any atom is 0.259 e. The van der Waals surface area contributed by atoms with E-state index in [1.54, 1.807) is 12.1 Å². The summed E-state index contributed by atoms with van der Waals surface area (Å²) in [4.78, 5) is 12.3. The van der Waals surface area contributed by atoms with Gasteiger partial charge >= 0.3 is 0 Å². The van der Waals surface area contributed by atoms with Crippen molar-refractivity contribution in [2.24, 2.45) is 0 Å². The molecule has 0 saturated heterocycles. The number of nitrogen functional groups attached to an aromatic ring is 1. The van der Waals surface area contributed by atoms with E-state index in [0.29, 0.717) is 11.5 Å². The van der Waals surface area contributed by atoms with Crippen LogP contribution < -0.4 is 20.5 Å². The van der Waals surface area contributed by atoms with Crippen molar-refractivity contribution in [3.05, 3.63) is 47.8 Å². The van der Waals surface area contributed by atoms with E-state index in [-0.39, 0.29) is 16.9 Å². The fourth-order valence-electron chi connectivity index (χ4n) is 1.81. The van der Waals surface area contributed by atoms with Gasteiger partial charge in [0.1, 0.15) is 17.3 Å². The third kappa shape index (κ3) is 3.22. The summed E-state index contributed by atoms with van der Waals surface area (Å²) < 4.78 is 23.9. The molecule has 110 valence electrons. The average molecular weight is 290 g/mol. The first kappa shape index (κ1) is 14.6. The highest BCUT2D eigenvalue weighted by atomic mass is 19.1. The topological polar surface area (TPSA) is 73.6 Å². The summed E-state index contributed by atoms with van der Waals surface area (Å²) in [5.41, 5.74) is 6.03. The van der Waals surface area contributed by atoms with Crippen LogP contribution in [0.3, 0.4) is 0 Å². The molecule has 21 heavy (non-hydrogen) atoms. The number of methoxy groups -OCH3 is 2. The highest BCUT2D eigenvalue weighted by molar-refractivity contribution is 6.06. The van der Waals surface area contributed by atoms with E-state index in [0.717, 1.165) is 6.07 Å². The van der Waals surface area contributed by atoms with Crippen LogP contribution in [0, 0.1) is 5.82 Å². The smallest absolute Gasteiger partial charge is 0.259 e. The van der Waals surface area contributed by atoms with Crippen LogP contribution in [0.25, 0.3) is 0 Å². The van der Waals surface area contributed by atoms with Gasteiger partial charge in [-0.1, -0.05) is 0 Å². The van der Waals surface area contributed by atoms with Crippen LogP contribution in [0.4, 0.5) is 15.8 Å². The fourth-order valence-corrected chi connectivity index (χ4v) is 1.81. The van der Waals surface area contributed by atoms with Gasteiger partial charge in [0.2, 0.25) is 0 Å². The van der Waals surface area contributed by atoms with Crippen LogP contribution in [-0.2, 0) is 0 Å². The van der Waals surface area contributed by atoms with Gasteiger partial charge in [0.25, 0.3) is 5.91 Å². The summed E-state index contributed by atoms with van der Waals surface area (Å²) in [6, 6.07) is 8.82. The molecule has 0 bridgehead atoms. The number of anilines is 2. The molecular formula is C15H15FN2O3. The third-order valence-electron chi connectivity index (χ3n) is 2.89. The van der Waals surface area contributed by atoms with Gasteiger partial charge in [-0.25, -0.2) is 4.39 Å². The van der Waals surface area contributed by atoms with Gasteiger partial charge < -0.3 is 20.5 Å². The van der Waals surface area contributed by atoms with Crippen molar-refractivity contribution in [2.45, 2.75) is 0 Å². The summed E-state index contributed by atoms with van der Waals surface area (Å²) >= 11 is 0. The number of hydrogen-bond acceptors (Lipinski definition) is 4. The molecule has 6 heteroatoms. The van der Waals surface area contributed by atoms with Gasteiger partial charge in [-0.05, 0) is 36.4 Å². The zero-order chi connectivity index (χ0) is 15.4. The molecule has 3 N–H and O–H groups in total. The van der Waals surface area contributed by atoms with Crippen molar-refractivity contribution in [1.82, 2.24) is 0 Å². The molecule has 0 atom stereocenters. The summed E-state index contributed by atoms with van der Waals surface area (Å²) in [5.74, 6) is -0.248. The Labute approximate surface area is 121 Å². The van der Waals surface area contributed by atoms with Crippen molar-refractivity contribution in [3.8, 4) is 11.5 Å². The van der Waals surface area contributed by atoms with Crippen LogP contribution in [-0.4, -0.2) is 20.1 Å². The highest BCUT2D eigenvalue weighted by Crippen LogP contribution is 2.25. The summed E-state index contributed by atoms with van der Waals surface area (Å²) in [5, 5.41) is 2.47. The third-order valence-corrected chi connectivity index (χ3v) is 2.89. The quantitative estimate of drug-likeness (QED) is 0.849. The molecular weight excluding hydrogens is 275 g/mol. The number of benzene rings is 2. The van der Waals surface area contributed by atoms with Crippen molar-refractivity contribution in [2.75, 3.05) is 25.3 Å². The van der Waals surface area contributed by atoms with Crippen molar-refractivity contribution >= 4 is 17.3 Å². The van der Waals surface area contributed by atoms with E-state index in [1.807, 2.05) is 0 Å². The number of amides is 1. The van der Waals surface area contributed by atoms with Gasteiger partial charge in [-0.15, -0.1) is 0 Å². The second-order valence-corrected chi connectivity index (χ2v) is 4.26. The number of nitrogens with one attached hydrogen (secondary N) is 1. The minimum absolute atomic E-state index is 0.0408. The van der Waals surface area contributed by atoms with Crippen LogP contribution in [0.1, 0.15) is 10.4 Å². The SMILES string of the molecule is COc1ccc(OC)c(C(=O)Nc2ccc(N)cc2F)c1. The highest BCUT2D eigenvalue weighted by Gasteiger charge is 2.15. The van der Waals surface area contributed by atoms with Crippen molar-refractivity contribution < 1.29 is 18.7 Å². The van der Waals surface area contributed by atoms with Gasteiger partial charge in [0.15, 0.2) is 0 Å². The second-order valence-electron chi connectivity index (χ2n) is 4.26. The molecule has 0 radical (unpaired) electrons. The van der Waals surface area contributed by atoms with Gasteiger partial charge in [-0.3, -0.25) is 4.79 Å². The molecule has 2 aromatic rings. The van der Waals surface area contributed by atoms with Crippen molar-refractivity contribution in [1.29, 1.82) is 0 Å². The predicted molar refractivity (Wildman–Crippen MR) is 78.3 cm³/mol. The molecule has 0 aliphatic carbocycles. The van der Waals surface area contributed by atoms with Crippen molar-refractivity contribution in [3.63, 3.8) is 0 Å².